The fraction of sp³-hybridized carbons (Fsp3) is 0. The molecule has 0 saturated carbocycles. The van der Waals surface area contributed by atoms with E-state index in [1.807, 2.05) is 30.3 Å². The van der Waals surface area contributed by atoms with Crippen LogP contribution >= 0.6 is 0 Å². The summed E-state index contributed by atoms with van der Waals surface area (Å²) in [6.07, 6.45) is 9.60. The van der Waals surface area contributed by atoms with Crippen LogP contribution in [0.25, 0.3) is 6.08 Å². The number of carbonyl (C=O) groups excluding carboxylic acids is 1. The van der Waals surface area contributed by atoms with E-state index < -0.39 is 0 Å². The lowest BCUT2D eigenvalue weighted by atomic mass is 10.3. The van der Waals surface area contributed by atoms with Crippen LogP contribution in [0, 0.1) is 0 Å². The molecule has 0 aliphatic carbocycles. The van der Waals surface area contributed by atoms with Crippen molar-refractivity contribution in [1.29, 1.82) is 0 Å². The van der Waals surface area contributed by atoms with Crippen molar-refractivity contribution in [3.8, 4) is 0 Å². The summed E-state index contributed by atoms with van der Waals surface area (Å²) < 4.78 is 0. The number of nitrogens with one attached hydrogen (secondary N) is 2. The van der Waals surface area contributed by atoms with Gasteiger partial charge in [-0.3, -0.25) is 9.78 Å². The molecule has 6 heteroatoms. The van der Waals surface area contributed by atoms with Crippen molar-refractivity contribution in [2.75, 3.05) is 10.6 Å². The summed E-state index contributed by atoms with van der Waals surface area (Å²) >= 11 is 0. The fourth-order valence-electron chi connectivity index (χ4n) is 1.93. The van der Waals surface area contributed by atoms with E-state index in [-0.39, 0.29) is 5.91 Å². The SMILES string of the molecule is O=C(/C=C/c1cnc(Nc2ccccc2)nc1)Nc1cccnc1. The van der Waals surface area contributed by atoms with E-state index in [0.717, 1.165) is 11.3 Å². The highest BCUT2D eigenvalue weighted by Gasteiger charge is 1.99. The van der Waals surface area contributed by atoms with Gasteiger partial charge in [-0.05, 0) is 30.3 Å². The number of hydrogen-bond donors (Lipinski definition) is 2. The number of amides is 1. The van der Waals surface area contributed by atoms with Gasteiger partial charge in [-0.15, -0.1) is 0 Å². The largest absolute Gasteiger partial charge is 0.324 e. The predicted molar refractivity (Wildman–Crippen MR) is 93.7 cm³/mol. The Hall–Kier alpha value is -3.54. The first kappa shape index (κ1) is 15.4. The highest BCUT2D eigenvalue weighted by molar-refractivity contribution is 6.01. The summed E-state index contributed by atoms with van der Waals surface area (Å²) in [5.41, 5.74) is 2.29. The maximum absolute atomic E-state index is 11.8. The third kappa shape index (κ3) is 4.48. The third-order valence-electron chi connectivity index (χ3n) is 3.06. The molecular weight excluding hydrogens is 302 g/mol. The summed E-state index contributed by atoms with van der Waals surface area (Å²) in [5.74, 6) is 0.257. The smallest absolute Gasteiger partial charge is 0.248 e. The molecule has 0 spiro atoms. The zero-order valence-electron chi connectivity index (χ0n) is 12.8. The quantitative estimate of drug-likeness (QED) is 0.706. The molecule has 0 aliphatic rings. The van der Waals surface area contributed by atoms with Crippen LogP contribution in [0.15, 0.2) is 73.3 Å². The first-order chi connectivity index (χ1) is 11.8. The molecule has 0 atom stereocenters. The van der Waals surface area contributed by atoms with Gasteiger partial charge in [-0.25, -0.2) is 9.97 Å². The molecule has 0 bridgehead atoms. The van der Waals surface area contributed by atoms with Crippen molar-refractivity contribution in [2.45, 2.75) is 0 Å². The molecule has 0 radical (unpaired) electrons. The zero-order valence-corrected chi connectivity index (χ0v) is 12.8. The summed E-state index contributed by atoms with van der Waals surface area (Å²) in [6.45, 7) is 0. The second kappa shape index (κ2) is 7.64. The van der Waals surface area contributed by atoms with E-state index in [9.17, 15) is 4.79 Å². The van der Waals surface area contributed by atoms with Crippen molar-refractivity contribution < 1.29 is 4.79 Å². The van der Waals surface area contributed by atoms with Gasteiger partial charge in [0.25, 0.3) is 0 Å². The average molecular weight is 317 g/mol. The minimum absolute atomic E-state index is 0.241. The number of pyridine rings is 1. The van der Waals surface area contributed by atoms with Crippen LogP contribution in [0.5, 0.6) is 0 Å². The van der Waals surface area contributed by atoms with Crippen molar-refractivity contribution in [3.05, 3.63) is 78.9 Å². The van der Waals surface area contributed by atoms with Gasteiger partial charge in [0, 0.05) is 35.9 Å². The normalized spacial score (nSPS) is 10.5. The summed E-state index contributed by atoms with van der Waals surface area (Å²) in [4.78, 5) is 24.2. The van der Waals surface area contributed by atoms with Crippen LogP contribution in [0.2, 0.25) is 0 Å². The summed E-state index contributed by atoms with van der Waals surface area (Å²) in [5, 5.41) is 5.81. The van der Waals surface area contributed by atoms with Crippen LogP contribution < -0.4 is 10.6 Å². The fourth-order valence-corrected chi connectivity index (χ4v) is 1.93. The highest BCUT2D eigenvalue weighted by atomic mass is 16.1. The van der Waals surface area contributed by atoms with E-state index in [0.29, 0.717) is 11.6 Å². The average Bonchev–Trinajstić information content (AvgIpc) is 2.63. The monoisotopic (exact) mass is 317 g/mol. The van der Waals surface area contributed by atoms with Gasteiger partial charge in [0.1, 0.15) is 0 Å². The number of carbonyl (C=O) groups is 1. The molecule has 2 aromatic heterocycles. The molecule has 2 heterocycles. The summed E-state index contributed by atoms with van der Waals surface area (Å²) in [6, 6.07) is 13.2. The molecule has 24 heavy (non-hydrogen) atoms. The van der Waals surface area contributed by atoms with Crippen molar-refractivity contribution >= 4 is 29.3 Å². The number of hydrogen-bond acceptors (Lipinski definition) is 5. The lowest BCUT2D eigenvalue weighted by Gasteiger charge is -2.04. The van der Waals surface area contributed by atoms with Gasteiger partial charge in [-0.1, -0.05) is 18.2 Å². The van der Waals surface area contributed by atoms with Crippen LogP contribution in [-0.2, 0) is 4.79 Å². The Labute approximate surface area is 139 Å². The van der Waals surface area contributed by atoms with E-state index >= 15 is 0 Å². The Morgan fingerprint density at radius 1 is 0.917 bits per heavy atom. The second-order valence-electron chi connectivity index (χ2n) is 4.90. The van der Waals surface area contributed by atoms with Gasteiger partial charge in [-0.2, -0.15) is 0 Å². The molecule has 6 nitrogen and oxygen atoms in total. The Kier molecular flexibility index (Phi) is 4.89. The molecule has 1 aromatic carbocycles. The highest BCUT2D eigenvalue weighted by Crippen LogP contribution is 2.11. The molecular formula is C18H15N5O. The molecule has 2 N–H and O–H groups in total. The topological polar surface area (TPSA) is 79.8 Å². The van der Waals surface area contributed by atoms with Gasteiger partial charge in [0.05, 0.1) is 11.9 Å². The molecule has 0 unspecified atom stereocenters. The Morgan fingerprint density at radius 3 is 2.38 bits per heavy atom. The zero-order chi connectivity index (χ0) is 16.6. The Morgan fingerprint density at radius 2 is 1.67 bits per heavy atom. The number of nitrogens with zero attached hydrogens (tertiary/aromatic N) is 3. The van der Waals surface area contributed by atoms with Crippen LogP contribution in [0.3, 0.4) is 0 Å². The molecule has 0 aliphatic heterocycles. The lowest BCUT2D eigenvalue weighted by molar-refractivity contribution is -0.111. The van der Waals surface area contributed by atoms with Crippen molar-refractivity contribution in [1.82, 2.24) is 15.0 Å². The van der Waals surface area contributed by atoms with E-state index in [1.165, 1.54) is 6.08 Å². The van der Waals surface area contributed by atoms with Crippen molar-refractivity contribution in [2.24, 2.45) is 0 Å². The number of benzene rings is 1. The molecule has 0 saturated heterocycles. The number of para-hydroxylation sites is 1. The Balaban J connectivity index is 1.58. The molecule has 3 rings (SSSR count). The van der Waals surface area contributed by atoms with Gasteiger partial charge < -0.3 is 10.6 Å². The van der Waals surface area contributed by atoms with Gasteiger partial charge in [0.15, 0.2) is 0 Å². The number of aromatic nitrogens is 3. The molecule has 1 amide bonds. The minimum atomic E-state index is -0.241. The molecule has 118 valence electrons. The minimum Gasteiger partial charge on any atom is -0.324 e. The van der Waals surface area contributed by atoms with E-state index in [2.05, 4.69) is 25.6 Å². The Bertz CT molecular complexity index is 817. The summed E-state index contributed by atoms with van der Waals surface area (Å²) in [7, 11) is 0. The van der Waals surface area contributed by atoms with Gasteiger partial charge in [0.2, 0.25) is 11.9 Å². The maximum Gasteiger partial charge on any atom is 0.248 e. The first-order valence-electron chi connectivity index (χ1n) is 7.33. The molecule has 0 fully saturated rings. The predicted octanol–water partition coefficient (Wildman–Crippen LogP) is 3.27. The number of anilines is 3. The van der Waals surface area contributed by atoms with Gasteiger partial charge >= 0.3 is 0 Å². The van der Waals surface area contributed by atoms with E-state index in [4.69, 9.17) is 0 Å². The van der Waals surface area contributed by atoms with Crippen LogP contribution in [0.4, 0.5) is 17.3 Å². The standard InChI is InChI=1S/C18H15N5O/c24-17(22-16-7-4-10-19-13-16)9-8-14-11-20-18(21-12-14)23-15-5-2-1-3-6-15/h1-13H,(H,22,24)(H,20,21,23)/b9-8+. The third-order valence-corrected chi connectivity index (χ3v) is 3.06. The molecule has 3 aromatic rings. The van der Waals surface area contributed by atoms with E-state index in [1.54, 1.807) is 43.0 Å². The second-order valence-corrected chi connectivity index (χ2v) is 4.90. The van der Waals surface area contributed by atoms with Crippen LogP contribution in [0.1, 0.15) is 5.56 Å². The van der Waals surface area contributed by atoms with Crippen molar-refractivity contribution in [3.63, 3.8) is 0 Å². The number of rotatable bonds is 5. The maximum atomic E-state index is 11.8. The first-order valence-corrected chi connectivity index (χ1v) is 7.33. The lowest BCUT2D eigenvalue weighted by Crippen LogP contribution is -2.07. The van der Waals surface area contributed by atoms with Crippen LogP contribution in [-0.4, -0.2) is 20.9 Å².